The fourth-order valence-electron chi connectivity index (χ4n) is 2.54. The molecule has 0 spiro atoms. The van der Waals surface area contributed by atoms with E-state index in [0.717, 1.165) is 29.5 Å². The fraction of sp³-hybridized carbons (Fsp3) is 0.562. The van der Waals surface area contributed by atoms with Crippen LogP contribution in [0.3, 0.4) is 0 Å². The Kier molecular flexibility index (Phi) is 4.78. The Hall–Kier alpha value is -1.39. The number of aryl methyl sites for hydroxylation is 2. The Labute approximate surface area is 119 Å². The Morgan fingerprint density at radius 2 is 2.10 bits per heavy atom. The van der Waals surface area contributed by atoms with E-state index in [0.29, 0.717) is 12.5 Å². The molecule has 4 nitrogen and oxygen atoms in total. The summed E-state index contributed by atoms with van der Waals surface area (Å²) in [6.07, 6.45) is 2.09. The van der Waals surface area contributed by atoms with Crippen LogP contribution in [0.1, 0.15) is 48.5 Å². The molecule has 4 heteroatoms. The molecule has 1 saturated carbocycles. The number of hydrogen-bond acceptors (Lipinski definition) is 3. The molecule has 110 valence electrons. The summed E-state index contributed by atoms with van der Waals surface area (Å²) in [6, 6.07) is 6.22. The van der Waals surface area contributed by atoms with Gasteiger partial charge < -0.3 is 15.5 Å². The van der Waals surface area contributed by atoms with Crippen LogP contribution in [0.2, 0.25) is 0 Å². The maximum Gasteiger partial charge on any atom is 0.303 e. The molecule has 0 aliphatic heterocycles. The molecular formula is C16H23NO3. The number of hydrogen-bond donors (Lipinski definition) is 3. The van der Waals surface area contributed by atoms with Crippen LogP contribution >= 0.6 is 0 Å². The van der Waals surface area contributed by atoms with E-state index in [2.05, 4.69) is 5.32 Å². The summed E-state index contributed by atoms with van der Waals surface area (Å²) in [7, 11) is 0. The smallest absolute Gasteiger partial charge is 0.303 e. The standard InChI is InChI=1S/C16H23NO3/c1-10-3-6-13(11(2)9-10)16(20)14(7-8-15(18)19)17-12-4-5-12/h3,6,9,12,14,16-17,20H,4-5,7-8H2,1-2H3,(H,18,19). The van der Waals surface area contributed by atoms with Crippen LogP contribution in [0.4, 0.5) is 0 Å². The van der Waals surface area contributed by atoms with Crippen LogP contribution in [0.15, 0.2) is 18.2 Å². The van der Waals surface area contributed by atoms with Gasteiger partial charge in [-0.2, -0.15) is 0 Å². The lowest BCUT2D eigenvalue weighted by atomic mass is 9.94. The van der Waals surface area contributed by atoms with Gasteiger partial charge >= 0.3 is 5.97 Å². The Morgan fingerprint density at radius 3 is 2.65 bits per heavy atom. The van der Waals surface area contributed by atoms with Gasteiger partial charge in [-0.15, -0.1) is 0 Å². The minimum Gasteiger partial charge on any atom is -0.481 e. The van der Waals surface area contributed by atoms with Gasteiger partial charge in [0.25, 0.3) is 0 Å². The summed E-state index contributed by atoms with van der Waals surface area (Å²) in [5.41, 5.74) is 3.10. The molecule has 0 amide bonds. The maximum absolute atomic E-state index is 10.8. The molecule has 2 rings (SSSR count). The van der Waals surface area contributed by atoms with Crippen LogP contribution in [-0.2, 0) is 4.79 Å². The van der Waals surface area contributed by atoms with E-state index in [1.165, 1.54) is 0 Å². The third-order valence-corrected chi connectivity index (χ3v) is 3.82. The van der Waals surface area contributed by atoms with Gasteiger partial charge in [0.2, 0.25) is 0 Å². The van der Waals surface area contributed by atoms with Crippen molar-refractivity contribution in [2.75, 3.05) is 0 Å². The number of benzene rings is 1. The normalized spacial score (nSPS) is 17.8. The summed E-state index contributed by atoms with van der Waals surface area (Å²) in [6.45, 7) is 4.00. The molecular weight excluding hydrogens is 254 g/mol. The molecule has 1 aromatic carbocycles. The summed E-state index contributed by atoms with van der Waals surface area (Å²) in [5, 5.41) is 22.8. The van der Waals surface area contributed by atoms with Crippen molar-refractivity contribution in [3.05, 3.63) is 34.9 Å². The van der Waals surface area contributed by atoms with Crippen LogP contribution in [0.25, 0.3) is 0 Å². The van der Waals surface area contributed by atoms with Crippen molar-refractivity contribution in [3.8, 4) is 0 Å². The molecule has 0 heterocycles. The van der Waals surface area contributed by atoms with Gasteiger partial charge in [0.1, 0.15) is 0 Å². The van der Waals surface area contributed by atoms with Crippen molar-refractivity contribution >= 4 is 5.97 Å². The van der Waals surface area contributed by atoms with Gasteiger partial charge in [-0.1, -0.05) is 23.8 Å². The van der Waals surface area contributed by atoms with Crippen LogP contribution in [-0.4, -0.2) is 28.3 Å². The predicted octanol–water partition coefficient (Wildman–Crippen LogP) is 2.32. The first-order chi connectivity index (χ1) is 9.47. The highest BCUT2D eigenvalue weighted by Gasteiger charge is 2.29. The topological polar surface area (TPSA) is 69.6 Å². The number of carboxylic acid groups (broad SMARTS) is 1. The Bertz CT molecular complexity index is 483. The van der Waals surface area contributed by atoms with E-state index in [-0.39, 0.29) is 12.5 Å². The van der Waals surface area contributed by atoms with E-state index in [4.69, 9.17) is 5.11 Å². The van der Waals surface area contributed by atoms with E-state index >= 15 is 0 Å². The van der Waals surface area contributed by atoms with Crippen LogP contribution in [0.5, 0.6) is 0 Å². The second-order valence-electron chi connectivity index (χ2n) is 5.78. The van der Waals surface area contributed by atoms with Gasteiger partial charge in [0, 0.05) is 18.5 Å². The number of carboxylic acids is 1. The van der Waals surface area contributed by atoms with Crippen molar-refractivity contribution in [2.24, 2.45) is 0 Å². The third-order valence-electron chi connectivity index (χ3n) is 3.82. The molecule has 0 aromatic heterocycles. The second-order valence-corrected chi connectivity index (χ2v) is 5.78. The average molecular weight is 277 g/mol. The first-order valence-electron chi connectivity index (χ1n) is 7.20. The fourth-order valence-corrected chi connectivity index (χ4v) is 2.54. The molecule has 0 bridgehead atoms. The van der Waals surface area contributed by atoms with Crippen molar-refractivity contribution in [2.45, 2.75) is 57.7 Å². The molecule has 1 aliphatic rings. The highest BCUT2D eigenvalue weighted by atomic mass is 16.4. The van der Waals surface area contributed by atoms with Crippen LogP contribution < -0.4 is 5.32 Å². The van der Waals surface area contributed by atoms with E-state index in [1.54, 1.807) is 0 Å². The summed E-state index contributed by atoms with van der Waals surface area (Å²) >= 11 is 0. The minimum atomic E-state index is -0.819. The Balaban J connectivity index is 2.10. The summed E-state index contributed by atoms with van der Waals surface area (Å²) in [4.78, 5) is 10.8. The Morgan fingerprint density at radius 1 is 1.40 bits per heavy atom. The number of aliphatic hydroxyl groups is 1. The molecule has 3 N–H and O–H groups in total. The highest BCUT2D eigenvalue weighted by Crippen LogP contribution is 2.28. The number of carbonyl (C=O) groups is 1. The van der Waals surface area contributed by atoms with Crippen LogP contribution in [0, 0.1) is 13.8 Å². The van der Waals surface area contributed by atoms with Gasteiger partial charge in [-0.3, -0.25) is 4.79 Å². The molecule has 0 saturated heterocycles. The monoisotopic (exact) mass is 277 g/mol. The zero-order valence-corrected chi connectivity index (χ0v) is 12.1. The summed E-state index contributed by atoms with van der Waals surface area (Å²) < 4.78 is 0. The molecule has 1 aliphatic carbocycles. The first-order valence-corrected chi connectivity index (χ1v) is 7.20. The zero-order valence-electron chi connectivity index (χ0n) is 12.1. The second kappa shape index (κ2) is 6.37. The number of aliphatic carboxylic acids is 1. The molecule has 2 atom stereocenters. The molecule has 1 fully saturated rings. The van der Waals surface area contributed by atoms with E-state index in [1.807, 2.05) is 32.0 Å². The van der Waals surface area contributed by atoms with Crippen molar-refractivity contribution in [1.82, 2.24) is 5.32 Å². The minimum absolute atomic E-state index is 0.0757. The van der Waals surface area contributed by atoms with Gasteiger partial charge in [0.05, 0.1) is 6.10 Å². The van der Waals surface area contributed by atoms with E-state index in [9.17, 15) is 9.90 Å². The lowest BCUT2D eigenvalue weighted by Gasteiger charge is -2.25. The number of rotatable bonds is 7. The molecule has 1 aromatic rings. The maximum atomic E-state index is 10.8. The third kappa shape index (κ3) is 4.05. The largest absolute Gasteiger partial charge is 0.481 e. The quantitative estimate of drug-likeness (QED) is 0.715. The molecule has 0 radical (unpaired) electrons. The number of aliphatic hydroxyl groups excluding tert-OH is 1. The summed E-state index contributed by atoms with van der Waals surface area (Å²) in [5.74, 6) is -0.819. The van der Waals surface area contributed by atoms with Crippen molar-refractivity contribution < 1.29 is 15.0 Å². The van der Waals surface area contributed by atoms with Gasteiger partial charge in [-0.05, 0) is 44.2 Å². The SMILES string of the molecule is Cc1ccc(C(O)C(CCC(=O)O)NC2CC2)c(C)c1. The first kappa shape index (κ1) is 15.0. The number of nitrogens with one attached hydrogen (secondary N) is 1. The van der Waals surface area contributed by atoms with E-state index < -0.39 is 12.1 Å². The average Bonchev–Trinajstić information content (AvgIpc) is 3.17. The molecule has 2 unspecified atom stereocenters. The van der Waals surface area contributed by atoms with Crippen molar-refractivity contribution in [1.29, 1.82) is 0 Å². The van der Waals surface area contributed by atoms with Crippen molar-refractivity contribution in [3.63, 3.8) is 0 Å². The van der Waals surface area contributed by atoms with Gasteiger partial charge in [-0.25, -0.2) is 0 Å². The predicted molar refractivity (Wildman–Crippen MR) is 77.7 cm³/mol. The highest BCUT2D eigenvalue weighted by molar-refractivity contribution is 5.66. The molecule has 20 heavy (non-hydrogen) atoms. The van der Waals surface area contributed by atoms with Gasteiger partial charge in [0.15, 0.2) is 0 Å². The zero-order chi connectivity index (χ0) is 14.7. The lowest BCUT2D eigenvalue weighted by molar-refractivity contribution is -0.137. The lowest BCUT2D eigenvalue weighted by Crippen LogP contribution is -2.37.